The van der Waals surface area contributed by atoms with Crippen molar-refractivity contribution in [2.45, 2.75) is 20.0 Å². The highest BCUT2D eigenvalue weighted by Gasteiger charge is 2.17. The van der Waals surface area contributed by atoms with Gasteiger partial charge in [0, 0.05) is 10.9 Å². The number of amides is 1. The fourth-order valence-corrected chi connectivity index (χ4v) is 2.92. The summed E-state index contributed by atoms with van der Waals surface area (Å²) in [7, 11) is 0. The number of thiazole rings is 1. The zero-order chi connectivity index (χ0) is 17.8. The van der Waals surface area contributed by atoms with E-state index in [1.165, 1.54) is 24.3 Å². The second-order valence-electron chi connectivity index (χ2n) is 5.50. The minimum atomic E-state index is -0.726. The van der Waals surface area contributed by atoms with Crippen molar-refractivity contribution in [3.63, 3.8) is 0 Å². The average molecular weight is 356 g/mol. The lowest BCUT2D eigenvalue weighted by Crippen LogP contribution is -2.30. The van der Waals surface area contributed by atoms with Gasteiger partial charge in [-0.1, -0.05) is 18.2 Å². The zero-order valence-corrected chi connectivity index (χ0v) is 14.6. The van der Waals surface area contributed by atoms with E-state index in [0.717, 1.165) is 16.3 Å². The summed E-state index contributed by atoms with van der Waals surface area (Å²) in [6.07, 6.45) is -0.726. The normalized spacial score (nSPS) is 11.8. The van der Waals surface area contributed by atoms with E-state index in [2.05, 4.69) is 10.3 Å². The summed E-state index contributed by atoms with van der Waals surface area (Å²) in [5.74, 6) is -0.201. The highest BCUT2D eigenvalue weighted by atomic mass is 32.1. The molecule has 1 aromatic heterocycles. The van der Waals surface area contributed by atoms with Crippen LogP contribution in [0, 0.1) is 12.7 Å². The maximum absolute atomic E-state index is 12.9. The second kappa shape index (κ2) is 7.44. The number of para-hydroxylation sites is 1. The number of nitrogens with one attached hydrogen (secondary N) is 1. The first kappa shape index (κ1) is 17.1. The Hall–Kier alpha value is -2.73. The van der Waals surface area contributed by atoms with Crippen molar-refractivity contribution in [3.8, 4) is 17.0 Å². The number of benzene rings is 2. The molecule has 0 aliphatic rings. The van der Waals surface area contributed by atoms with Gasteiger partial charge in [0.15, 0.2) is 6.10 Å². The third kappa shape index (κ3) is 4.22. The summed E-state index contributed by atoms with van der Waals surface area (Å²) in [5, 5.41) is 5.80. The van der Waals surface area contributed by atoms with Gasteiger partial charge < -0.3 is 10.1 Å². The molecule has 4 nitrogen and oxygen atoms in total. The minimum absolute atomic E-state index is 0.288. The molecule has 0 fully saturated rings. The largest absolute Gasteiger partial charge is 0.481 e. The Bertz CT molecular complexity index is 877. The molecular formula is C19H17FN2O2S. The van der Waals surface area contributed by atoms with Crippen molar-refractivity contribution in [1.82, 2.24) is 4.98 Å². The first-order chi connectivity index (χ1) is 12.0. The van der Waals surface area contributed by atoms with Gasteiger partial charge in [0.05, 0.1) is 16.4 Å². The van der Waals surface area contributed by atoms with E-state index in [4.69, 9.17) is 4.74 Å². The van der Waals surface area contributed by atoms with Crippen LogP contribution in [0.4, 0.5) is 10.1 Å². The topological polar surface area (TPSA) is 51.2 Å². The summed E-state index contributed by atoms with van der Waals surface area (Å²) in [6.45, 7) is 3.59. The molecule has 0 saturated carbocycles. The van der Waals surface area contributed by atoms with Crippen molar-refractivity contribution < 1.29 is 13.9 Å². The summed E-state index contributed by atoms with van der Waals surface area (Å²) in [4.78, 5) is 16.9. The highest BCUT2D eigenvalue weighted by molar-refractivity contribution is 7.09. The van der Waals surface area contributed by atoms with E-state index in [9.17, 15) is 9.18 Å². The summed E-state index contributed by atoms with van der Waals surface area (Å²) in [6, 6.07) is 13.1. The van der Waals surface area contributed by atoms with E-state index in [1.54, 1.807) is 18.3 Å². The minimum Gasteiger partial charge on any atom is -0.481 e. The smallest absolute Gasteiger partial charge is 0.265 e. The van der Waals surface area contributed by atoms with E-state index < -0.39 is 6.10 Å². The molecule has 3 rings (SSSR count). The van der Waals surface area contributed by atoms with Gasteiger partial charge in [0.25, 0.3) is 5.91 Å². The molecule has 25 heavy (non-hydrogen) atoms. The molecule has 0 spiro atoms. The molecule has 0 bridgehead atoms. The van der Waals surface area contributed by atoms with E-state index >= 15 is 0 Å². The number of halogens is 1. The van der Waals surface area contributed by atoms with Gasteiger partial charge in [-0.05, 0) is 44.2 Å². The van der Waals surface area contributed by atoms with Crippen LogP contribution in [0.2, 0.25) is 0 Å². The van der Waals surface area contributed by atoms with Crippen LogP contribution in [-0.4, -0.2) is 17.0 Å². The van der Waals surface area contributed by atoms with Gasteiger partial charge in [-0.3, -0.25) is 4.79 Å². The number of anilines is 1. The molecule has 1 unspecified atom stereocenters. The van der Waals surface area contributed by atoms with Crippen molar-refractivity contribution in [2.24, 2.45) is 0 Å². The summed E-state index contributed by atoms with van der Waals surface area (Å²) < 4.78 is 18.5. The molecule has 1 N–H and O–H groups in total. The van der Waals surface area contributed by atoms with Crippen LogP contribution in [0.15, 0.2) is 53.9 Å². The number of hydrogen-bond acceptors (Lipinski definition) is 4. The molecule has 3 aromatic rings. The van der Waals surface area contributed by atoms with Gasteiger partial charge in [-0.25, -0.2) is 9.37 Å². The fraction of sp³-hybridized carbons (Fsp3) is 0.158. The Morgan fingerprint density at radius 1 is 1.20 bits per heavy atom. The Kier molecular flexibility index (Phi) is 5.09. The fourth-order valence-electron chi connectivity index (χ4n) is 2.31. The van der Waals surface area contributed by atoms with E-state index in [-0.39, 0.29) is 11.7 Å². The number of hydrogen-bond donors (Lipinski definition) is 1. The van der Waals surface area contributed by atoms with Crippen molar-refractivity contribution in [3.05, 3.63) is 64.7 Å². The standard InChI is InChI=1S/C19H17FN2O2S/c1-12(24-15-9-7-14(20)8-10-15)19(23)22-17-6-4-3-5-16(17)18-11-25-13(2)21-18/h3-12H,1-2H3,(H,22,23). The molecule has 0 radical (unpaired) electrons. The highest BCUT2D eigenvalue weighted by Crippen LogP contribution is 2.29. The SMILES string of the molecule is Cc1nc(-c2ccccc2NC(=O)C(C)Oc2ccc(F)cc2)cs1. The number of nitrogens with zero attached hydrogens (tertiary/aromatic N) is 1. The first-order valence-corrected chi connectivity index (χ1v) is 8.65. The Labute approximate surface area is 149 Å². The van der Waals surface area contributed by atoms with Gasteiger partial charge in [0.1, 0.15) is 11.6 Å². The predicted molar refractivity (Wildman–Crippen MR) is 97.4 cm³/mol. The Balaban J connectivity index is 1.73. The van der Waals surface area contributed by atoms with E-state index in [1.807, 2.05) is 36.6 Å². The van der Waals surface area contributed by atoms with Crippen molar-refractivity contribution in [2.75, 3.05) is 5.32 Å². The number of carbonyl (C=O) groups excluding carboxylic acids is 1. The van der Waals surface area contributed by atoms with Gasteiger partial charge in [-0.2, -0.15) is 0 Å². The van der Waals surface area contributed by atoms with Crippen LogP contribution < -0.4 is 10.1 Å². The predicted octanol–water partition coefficient (Wildman–Crippen LogP) is 4.66. The molecule has 6 heteroatoms. The molecule has 128 valence electrons. The third-order valence-corrected chi connectivity index (χ3v) is 4.35. The second-order valence-corrected chi connectivity index (χ2v) is 6.56. The monoisotopic (exact) mass is 356 g/mol. The number of rotatable bonds is 5. The average Bonchev–Trinajstić information content (AvgIpc) is 3.03. The zero-order valence-electron chi connectivity index (χ0n) is 13.8. The lowest BCUT2D eigenvalue weighted by molar-refractivity contribution is -0.122. The maximum atomic E-state index is 12.9. The van der Waals surface area contributed by atoms with Crippen molar-refractivity contribution >= 4 is 22.9 Å². The van der Waals surface area contributed by atoms with Crippen LogP contribution >= 0.6 is 11.3 Å². The molecular weight excluding hydrogens is 339 g/mol. The van der Waals surface area contributed by atoms with Crippen LogP contribution in [0.5, 0.6) is 5.75 Å². The molecule has 1 heterocycles. The molecule has 1 amide bonds. The molecule has 0 aliphatic heterocycles. The first-order valence-electron chi connectivity index (χ1n) is 7.77. The van der Waals surface area contributed by atoms with Crippen LogP contribution in [0.25, 0.3) is 11.3 Å². The number of carbonyl (C=O) groups is 1. The number of aryl methyl sites for hydroxylation is 1. The van der Waals surface area contributed by atoms with Crippen LogP contribution in [-0.2, 0) is 4.79 Å². The lowest BCUT2D eigenvalue weighted by Gasteiger charge is -2.16. The van der Waals surface area contributed by atoms with E-state index in [0.29, 0.717) is 11.4 Å². The molecule has 0 saturated heterocycles. The Morgan fingerprint density at radius 2 is 1.92 bits per heavy atom. The summed E-state index contributed by atoms with van der Waals surface area (Å²) >= 11 is 1.56. The lowest BCUT2D eigenvalue weighted by atomic mass is 10.1. The maximum Gasteiger partial charge on any atom is 0.265 e. The molecule has 0 aliphatic carbocycles. The quantitative estimate of drug-likeness (QED) is 0.723. The molecule has 2 aromatic carbocycles. The van der Waals surface area contributed by atoms with Gasteiger partial charge in [-0.15, -0.1) is 11.3 Å². The number of aromatic nitrogens is 1. The Morgan fingerprint density at radius 3 is 2.60 bits per heavy atom. The van der Waals surface area contributed by atoms with Gasteiger partial charge >= 0.3 is 0 Å². The van der Waals surface area contributed by atoms with Gasteiger partial charge in [0.2, 0.25) is 0 Å². The van der Waals surface area contributed by atoms with Crippen LogP contribution in [0.3, 0.4) is 0 Å². The third-order valence-electron chi connectivity index (χ3n) is 3.58. The number of ether oxygens (including phenoxy) is 1. The summed E-state index contributed by atoms with van der Waals surface area (Å²) in [5.41, 5.74) is 2.35. The van der Waals surface area contributed by atoms with Crippen LogP contribution in [0.1, 0.15) is 11.9 Å². The van der Waals surface area contributed by atoms with Crippen molar-refractivity contribution in [1.29, 1.82) is 0 Å². The molecule has 1 atom stereocenters.